The molecule has 1 aromatic carbocycles. The van der Waals surface area contributed by atoms with Crippen molar-refractivity contribution in [3.63, 3.8) is 0 Å². The Bertz CT molecular complexity index is 762. The highest BCUT2D eigenvalue weighted by Crippen LogP contribution is 2.25. The average Bonchev–Trinajstić information content (AvgIpc) is 2.92. The Kier molecular flexibility index (Phi) is 3.14. The molecule has 3 rings (SSSR count). The van der Waals surface area contributed by atoms with Crippen LogP contribution in [0.25, 0.3) is 16.6 Å². The highest BCUT2D eigenvalue weighted by atomic mass is 16.5. The third-order valence-corrected chi connectivity index (χ3v) is 3.41. The second-order valence-corrected chi connectivity index (χ2v) is 4.79. The lowest BCUT2D eigenvalue weighted by Gasteiger charge is -2.10. The molecular weight excluding hydrogens is 250 g/mol. The van der Waals surface area contributed by atoms with Gasteiger partial charge in [0.2, 0.25) is 0 Å². The van der Waals surface area contributed by atoms with E-state index >= 15 is 0 Å². The Morgan fingerprint density at radius 3 is 2.75 bits per heavy atom. The van der Waals surface area contributed by atoms with Crippen molar-refractivity contribution in [3.8, 4) is 11.6 Å². The van der Waals surface area contributed by atoms with Crippen molar-refractivity contribution < 1.29 is 4.74 Å². The van der Waals surface area contributed by atoms with Gasteiger partial charge < -0.3 is 4.74 Å². The molecule has 0 saturated heterocycles. The maximum absolute atomic E-state index is 5.31. The van der Waals surface area contributed by atoms with Crippen LogP contribution in [-0.2, 0) is 6.42 Å². The average molecular weight is 267 g/mol. The van der Waals surface area contributed by atoms with Crippen molar-refractivity contribution in [1.82, 2.24) is 14.5 Å². The molecule has 4 heteroatoms. The maximum atomic E-state index is 5.31. The summed E-state index contributed by atoms with van der Waals surface area (Å²) in [4.78, 5) is 9.00. The van der Waals surface area contributed by atoms with Crippen LogP contribution >= 0.6 is 0 Å². The van der Waals surface area contributed by atoms with Gasteiger partial charge in [0.15, 0.2) is 0 Å². The van der Waals surface area contributed by atoms with Crippen LogP contribution in [0, 0.1) is 6.92 Å². The van der Waals surface area contributed by atoms with Crippen molar-refractivity contribution in [2.45, 2.75) is 20.3 Å². The Balaban J connectivity index is 2.23. The van der Waals surface area contributed by atoms with Crippen LogP contribution in [0.1, 0.15) is 18.3 Å². The SMILES string of the molecule is CCc1nc(-n2cnc(C)c2)cc2cc(OC)ccc12. The maximum Gasteiger partial charge on any atom is 0.138 e. The van der Waals surface area contributed by atoms with Gasteiger partial charge in [0.25, 0.3) is 0 Å². The summed E-state index contributed by atoms with van der Waals surface area (Å²) in [6.45, 7) is 4.09. The molecule has 4 nitrogen and oxygen atoms in total. The van der Waals surface area contributed by atoms with E-state index in [2.05, 4.69) is 24.0 Å². The second kappa shape index (κ2) is 4.96. The molecule has 3 aromatic rings. The molecule has 0 radical (unpaired) electrons. The van der Waals surface area contributed by atoms with E-state index in [1.165, 1.54) is 5.39 Å². The summed E-state index contributed by atoms with van der Waals surface area (Å²) in [7, 11) is 1.68. The summed E-state index contributed by atoms with van der Waals surface area (Å²) in [5.74, 6) is 1.75. The van der Waals surface area contributed by atoms with Gasteiger partial charge in [-0.3, -0.25) is 4.57 Å². The van der Waals surface area contributed by atoms with Crippen molar-refractivity contribution in [1.29, 1.82) is 0 Å². The van der Waals surface area contributed by atoms with Crippen LogP contribution in [0.15, 0.2) is 36.8 Å². The zero-order valence-corrected chi connectivity index (χ0v) is 11.9. The van der Waals surface area contributed by atoms with Crippen LogP contribution in [0.5, 0.6) is 5.75 Å². The molecule has 0 bridgehead atoms. The third kappa shape index (κ3) is 2.13. The fourth-order valence-corrected chi connectivity index (χ4v) is 2.37. The minimum Gasteiger partial charge on any atom is -0.497 e. The van der Waals surface area contributed by atoms with E-state index < -0.39 is 0 Å². The summed E-state index contributed by atoms with van der Waals surface area (Å²) in [6.07, 6.45) is 4.67. The molecule has 0 aliphatic rings. The van der Waals surface area contributed by atoms with E-state index in [-0.39, 0.29) is 0 Å². The van der Waals surface area contributed by atoms with Crippen molar-refractivity contribution >= 4 is 10.8 Å². The molecule has 0 amide bonds. The highest BCUT2D eigenvalue weighted by molar-refractivity contribution is 5.87. The van der Waals surface area contributed by atoms with E-state index in [1.807, 2.05) is 29.8 Å². The number of fused-ring (bicyclic) bond motifs is 1. The topological polar surface area (TPSA) is 39.9 Å². The Morgan fingerprint density at radius 1 is 1.25 bits per heavy atom. The van der Waals surface area contributed by atoms with E-state index in [4.69, 9.17) is 9.72 Å². The number of hydrogen-bond donors (Lipinski definition) is 0. The monoisotopic (exact) mass is 267 g/mol. The number of nitrogens with zero attached hydrogens (tertiary/aromatic N) is 3. The van der Waals surface area contributed by atoms with E-state index in [1.54, 1.807) is 13.4 Å². The highest BCUT2D eigenvalue weighted by Gasteiger charge is 2.07. The van der Waals surface area contributed by atoms with Gasteiger partial charge in [-0.15, -0.1) is 0 Å². The summed E-state index contributed by atoms with van der Waals surface area (Å²) in [6, 6.07) is 8.16. The number of aromatic nitrogens is 3. The molecule has 2 aromatic heterocycles. The molecule has 0 saturated carbocycles. The lowest BCUT2D eigenvalue weighted by molar-refractivity contribution is 0.415. The van der Waals surface area contributed by atoms with Crippen LogP contribution < -0.4 is 4.74 Å². The molecule has 0 unspecified atom stereocenters. The summed E-state index contributed by atoms with van der Waals surface area (Å²) < 4.78 is 7.26. The second-order valence-electron chi connectivity index (χ2n) is 4.79. The molecule has 0 N–H and O–H groups in total. The van der Waals surface area contributed by atoms with Crippen LogP contribution in [0.2, 0.25) is 0 Å². The molecular formula is C16H17N3O. The number of aryl methyl sites for hydroxylation is 2. The number of ether oxygens (including phenoxy) is 1. The minimum atomic E-state index is 0.860. The zero-order chi connectivity index (χ0) is 14.1. The fourth-order valence-electron chi connectivity index (χ4n) is 2.37. The molecule has 0 aliphatic carbocycles. The number of imidazole rings is 1. The lowest BCUT2D eigenvalue weighted by atomic mass is 10.1. The Labute approximate surface area is 118 Å². The van der Waals surface area contributed by atoms with E-state index in [0.717, 1.165) is 34.8 Å². The fraction of sp³-hybridized carbons (Fsp3) is 0.250. The number of hydrogen-bond acceptors (Lipinski definition) is 3. The standard InChI is InChI=1S/C16H17N3O/c1-4-15-14-6-5-13(20-3)7-12(14)8-16(18-15)19-9-11(2)17-10-19/h5-10H,4H2,1-3H3. The van der Waals surface area contributed by atoms with E-state index in [0.29, 0.717) is 0 Å². The quantitative estimate of drug-likeness (QED) is 0.731. The van der Waals surface area contributed by atoms with Gasteiger partial charge in [-0.2, -0.15) is 0 Å². The Hall–Kier alpha value is -2.36. The number of pyridine rings is 1. The largest absolute Gasteiger partial charge is 0.497 e. The lowest BCUT2D eigenvalue weighted by Crippen LogP contribution is -1.99. The van der Waals surface area contributed by atoms with Crippen molar-refractivity contribution in [2.24, 2.45) is 0 Å². The first-order valence-corrected chi connectivity index (χ1v) is 6.70. The summed E-state index contributed by atoms with van der Waals surface area (Å²) >= 11 is 0. The van der Waals surface area contributed by atoms with Crippen molar-refractivity contribution in [2.75, 3.05) is 7.11 Å². The number of benzene rings is 1. The summed E-state index contributed by atoms with van der Waals surface area (Å²) in [5.41, 5.74) is 2.07. The first kappa shape index (κ1) is 12.7. The molecule has 20 heavy (non-hydrogen) atoms. The first-order valence-electron chi connectivity index (χ1n) is 6.70. The predicted molar refractivity (Wildman–Crippen MR) is 79.5 cm³/mol. The molecule has 0 aliphatic heterocycles. The van der Waals surface area contributed by atoms with E-state index in [9.17, 15) is 0 Å². The Morgan fingerprint density at radius 2 is 2.10 bits per heavy atom. The first-order chi connectivity index (χ1) is 9.71. The van der Waals surface area contributed by atoms with Crippen LogP contribution in [0.4, 0.5) is 0 Å². The van der Waals surface area contributed by atoms with Gasteiger partial charge in [0.05, 0.1) is 18.5 Å². The predicted octanol–water partition coefficient (Wildman–Crippen LogP) is 3.30. The number of rotatable bonds is 3. The van der Waals surface area contributed by atoms with Crippen LogP contribution in [-0.4, -0.2) is 21.6 Å². The van der Waals surface area contributed by atoms with Gasteiger partial charge in [0, 0.05) is 11.6 Å². The minimum absolute atomic E-state index is 0.860. The molecule has 0 spiro atoms. The van der Waals surface area contributed by atoms with Gasteiger partial charge in [0.1, 0.15) is 17.9 Å². The van der Waals surface area contributed by atoms with Gasteiger partial charge in [-0.05, 0) is 43.0 Å². The third-order valence-electron chi connectivity index (χ3n) is 3.41. The zero-order valence-electron chi connectivity index (χ0n) is 11.9. The van der Waals surface area contributed by atoms with Gasteiger partial charge >= 0.3 is 0 Å². The van der Waals surface area contributed by atoms with Gasteiger partial charge in [-0.25, -0.2) is 9.97 Å². The van der Waals surface area contributed by atoms with Gasteiger partial charge in [-0.1, -0.05) is 6.92 Å². The smallest absolute Gasteiger partial charge is 0.138 e. The normalized spacial score (nSPS) is 10.9. The van der Waals surface area contributed by atoms with Crippen molar-refractivity contribution in [3.05, 3.63) is 48.2 Å². The molecule has 102 valence electrons. The molecule has 0 fully saturated rings. The van der Waals surface area contributed by atoms with Crippen LogP contribution in [0.3, 0.4) is 0 Å². The summed E-state index contributed by atoms with van der Waals surface area (Å²) in [5, 5.41) is 2.31. The molecule has 0 atom stereocenters. The number of methoxy groups -OCH3 is 1. The molecule has 2 heterocycles.